The zero-order chi connectivity index (χ0) is 10.7. The molecule has 2 N–H and O–H groups in total. The molecule has 2 rings (SSSR count). The molecule has 0 aromatic heterocycles. The van der Waals surface area contributed by atoms with E-state index in [9.17, 15) is 4.79 Å². The lowest BCUT2D eigenvalue weighted by atomic mass is 10.1. The van der Waals surface area contributed by atoms with Crippen LogP contribution in [-0.2, 0) is 4.79 Å². The Balaban J connectivity index is 2.02. The smallest absolute Gasteiger partial charge is 0.228 e. The number of rotatable bonds is 2. The van der Waals surface area contributed by atoms with Crippen LogP contribution in [0.2, 0.25) is 5.02 Å². The molecule has 80 valence electrons. The molecule has 0 aliphatic carbocycles. The minimum atomic E-state index is 0.0492. The van der Waals surface area contributed by atoms with Crippen molar-refractivity contribution in [3.05, 3.63) is 29.3 Å². The summed E-state index contributed by atoms with van der Waals surface area (Å²) in [7, 11) is 0. The maximum absolute atomic E-state index is 11.8. The highest BCUT2D eigenvalue weighted by molar-refractivity contribution is 6.33. The van der Waals surface area contributed by atoms with Gasteiger partial charge in [-0.05, 0) is 25.1 Å². The quantitative estimate of drug-likeness (QED) is 0.806. The molecule has 1 aromatic carbocycles. The predicted molar refractivity (Wildman–Crippen MR) is 61.1 cm³/mol. The highest BCUT2D eigenvalue weighted by atomic mass is 35.5. The van der Waals surface area contributed by atoms with Crippen LogP contribution in [0.4, 0.5) is 5.69 Å². The van der Waals surface area contributed by atoms with Gasteiger partial charge in [0.25, 0.3) is 0 Å². The molecule has 1 heterocycles. The Bertz CT molecular complexity index is 361. The number of benzene rings is 1. The van der Waals surface area contributed by atoms with Crippen LogP contribution in [0.1, 0.15) is 6.42 Å². The van der Waals surface area contributed by atoms with E-state index in [2.05, 4.69) is 10.6 Å². The first-order chi connectivity index (χ1) is 7.27. The molecule has 0 spiro atoms. The lowest BCUT2D eigenvalue weighted by molar-refractivity contribution is -0.119. The predicted octanol–water partition coefficient (Wildman–Crippen LogP) is 1.89. The van der Waals surface area contributed by atoms with Crippen molar-refractivity contribution in [2.45, 2.75) is 6.42 Å². The summed E-state index contributed by atoms with van der Waals surface area (Å²) in [5, 5.41) is 6.58. The van der Waals surface area contributed by atoms with Crippen molar-refractivity contribution in [1.29, 1.82) is 0 Å². The summed E-state index contributed by atoms with van der Waals surface area (Å²) in [5.74, 6) is 0.120. The summed E-state index contributed by atoms with van der Waals surface area (Å²) in [4.78, 5) is 11.8. The normalized spacial score (nSPS) is 20.2. The Morgan fingerprint density at radius 3 is 2.93 bits per heavy atom. The molecule has 1 aromatic rings. The maximum atomic E-state index is 11.8. The van der Waals surface area contributed by atoms with Gasteiger partial charge in [0.2, 0.25) is 5.91 Å². The summed E-state index contributed by atoms with van der Waals surface area (Å²) < 4.78 is 0. The first-order valence-electron chi connectivity index (χ1n) is 5.03. The van der Waals surface area contributed by atoms with E-state index in [1.165, 1.54) is 0 Å². The Morgan fingerprint density at radius 2 is 2.27 bits per heavy atom. The van der Waals surface area contributed by atoms with Crippen LogP contribution in [0.3, 0.4) is 0 Å². The second-order valence-electron chi connectivity index (χ2n) is 3.66. The fraction of sp³-hybridized carbons (Fsp3) is 0.364. The van der Waals surface area contributed by atoms with Crippen molar-refractivity contribution in [3.8, 4) is 0 Å². The second kappa shape index (κ2) is 4.64. The molecule has 0 unspecified atom stereocenters. The Kier molecular flexibility index (Phi) is 3.23. The van der Waals surface area contributed by atoms with E-state index < -0.39 is 0 Å². The number of nitrogens with one attached hydrogen (secondary N) is 2. The van der Waals surface area contributed by atoms with Gasteiger partial charge >= 0.3 is 0 Å². The third-order valence-corrected chi connectivity index (χ3v) is 2.89. The Hall–Kier alpha value is -1.06. The van der Waals surface area contributed by atoms with E-state index in [1.807, 2.05) is 18.2 Å². The minimum Gasteiger partial charge on any atom is -0.324 e. The standard InChI is InChI=1S/C11H13ClN2O/c12-9-3-1-2-4-10(9)14-11(15)8-5-6-13-7-8/h1-4,8,13H,5-7H2,(H,14,15)/t8-/m0/s1. The Labute approximate surface area is 93.8 Å². The zero-order valence-electron chi connectivity index (χ0n) is 8.29. The average molecular weight is 225 g/mol. The molecular weight excluding hydrogens is 212 g/mol. The van der Waals surface area contributed by atoms with E-state index in [0.717, 1.165) is 19.5 Å². The number of halogens is 1. The van der Waals surface area contributed by atoms with Crippen molar-refractivity contribution in [1.82, 2.24) is 5.32 Å². The van der Waals surface area contributed by atoms with Gasteiger partial charge in [-0.1, -0.05) is 23.7 Å². The SMILES string of the molecule is O=C(Nc1ccccc1Cl)[C@H]1CCNC1. The lowest BCUT2D eigenvalue weighted by Gasteiger charge is -2.10. The first kappa shape index (κ1) is 10.5. The van der Waals surface area contributed by atoms with Crippen LogP contribution in [-0.4, -0.2) is 19.0 Å². The summed E-state index contributed by atoms with van der Waals surface area (Å²) in [6, 6.07) is 7.27. The molecule has 4 heteroatoms. The van der Waals surface area contributed by atoms with Crippen molar-refractivity contribution >= 4 is 23.2 Å². The zero-order valence-corrected chi connectivity index (χ0v) is 9.05. The highest BCUT2D eigenvalue weighted by Crippen LogP contribution is 2.21. The molecule has 1 saturated heterocycles. The van der Waals surface area contributed by atoms with E-state index in [-0.39, 0.29) is 11.8 Å². The maximum Gasteiger partial charge on any atom is 0.228 e. The summed E-state index contributed by atoms with van der Waals surface area (Å²) in [5.41, 5.74) is 0.691. The van der Waals surface area contributed by atoms with Crippen LogP contribution >= 0.6 is 11.6 Å². The molecule has 0 saturated carbocycles. The summed E-state index contributed by atoms with van der Waals surface area (Å²) in [6.07, 6.45) is 0.899. The summed E-state index contributed by atoms with van der Waals surface area (Å²) in [6.45, 7) is 1.68. The average Bonchev–Trinajstić information content (AvgIpc) is 2.74. The lowest BCUT2D eigenvalue weighted by Crippen LogP contribution is -2.24. The molecule has 1 aliphatic heterocycles. The van der Waals surface area contributed by atoms with Gasteiger partial charge < -0.3 is 10.6 Å². The number of para-hydroxylation sites is 1. The number of amides is 1. The van der Waals surface area contributed by atoms with Gasteiger partial charge in [0.05, 0.1) is 16.6 Å². The number of hydrogen-bond donors (Lipinski definition) is 2. The topological polar surface area (TPSA) is 41.1 Å². The molecular formula is C11H13ClN2O. The number of hydrogen-bond acceptors (Lipinski definition) is 2. The molecule has 1 atom stereocenters. The van der Waals surface area contributed by atoms with Gasteiger partial charge in [-0.15, -0.1) is 0 Å². The molecule has 1 fully saturated rings. The molecule has 1 aliphatic rings. The van der Waals surface area contributed by atoms with Gasteiger partial charge in [-0.25, -0.2) is 0 Å². The van der Waals surface area contributed by atoms with Crippen molar-refractivity contribution in [3.63, 3.8) is 0 Å². The van der Waals surface area contributed by atoms with E-state index >= 15 is 0 Å². The van der Waals surface area contributed by atoms with Crippen molar-refractivity contribution in [2.75, 3.05) is 18.4 Å². The number of anilines is 1. The molecule has 1 amide bonds. The van der Waals surface area contributed by atoms with Crippen molar-refractivity contribution < 1.29 is 4.79 Å². The molecule has 15 heavy (non-hydrogen) atoms. The highest BCUT2D eigenvalue weighted by Gasteiger charge is 2.22. The minimum absolute atomic E-state index is 0.0492. The van der Waals surface area contributed by atoms with Gasteiger partial charge in [-0.2, -0.15) is 0 Å². The van der Waals surface area contributed by atoms with E-state index in [0.29, 0.717) is 10.7 Å². The first-order valence-corrected chi connectivity index (χ1v) is 5.41. The van der Waals surface area contributed by atoms with E-state index in [1.54, 1.807) is 6.07 Å². The monoisotopic (exact) mass is 224 g/mol. The molecule has 3 nitrogen and oxygen atoms in total. The number of carbonyl (C=O) groups is 1. The number of carbonyl (C=O) groups excluding carboxylic acids is 1. The van der Waals surface area contributed by atoms with Crippen LogP contribution in [0.5, 0.6) is 0 Å². The third kappa shape index (κ3) is 2.49. The molecule has 0 bridgehead atoms. The second-order valence-corrected chi connectivity index (χ2v) is 4.07. The molecule has 0 radical (unpaired) electrons. The fourth-order valence-corrected chi connectivity index (χ4v) is 1.86. The third-order valence-electron chi connectivity index (χ3n) is 2.56. The summed E-state index contributed by atoms with van der Waals surface area (Å²) >= 11 is 5.94. The van der Waals surface area contributed by atoms with Gasteiger partial charge in [0.15, 0.2) is 0 Å². The largest absolute Gasteiger partial charge is 0.324 e. The van der Waals surface area contributed by atoms with Crippen LogP contribution in [0.25, 0.3) is 0 Å². The van der Waals surface area contributed by atoms with Crippen LogP contribution in [0, 0.1) is 5.92 Å². The fourth-order valence-electron chi connectivity index (χ4n) is 1.68. The van der Waals surface area contributed by atoms with E-state index in [4.69, 9.17) is 11.6 Å². The van der Waals surface area contributed by atoms with Crippen molar-refractivity contribution in [2.24, 2.45) is 5.92 Å². The Morgan fingerprint density at radius 1 is 1.47 bits per heavy atom. The van der Waals surface area contributed by atoms with Crippen LogP contribution < -0.4 is 10.6 Å². The van der Waals surface area contributed by atoms with Gasteiger partial charge in [0, 0.05) is 6.54 Å². The van der Waals surface area contributed by atoms with Gasteiger partial charge in [0.1, 0.15) is 0 Å². The van der Waals surface area contributed by atoms with Gasteiger partial charge in [-0.3, -0.25) is 4.79 Å². The van der Waals surface area contributed by atoms with Crippen LogP contribution in [0.15, 0.2) is 24.3 Å².